The SMILES string of the molecule is O=S(=O)(N[C@@H]1Cc2ccccc2[C@@H]1N1CCCC[C@@H]1CO)c1ccccc1. The minimum Gasteiger partial charge on any atom is -0.395 e. The lowest BCUT2D eigenvalue weighted by atomic mass is 9.96. The van der Waals surface area contributed by atoms with Crippen LogP contribution >= 0.6 is 0 Å². The van der Waals surface area contributed by atoms with Crippen LogP contribution in [0.25, 0.3) is 0 Å². The Labute approximate surface area is 161 Å². The first-order chi connectivity index (χ1) is 13.1. The molecule has 6 heteroatoms. The van der Waals surface area contributed by atoms with Crippen LogP contribution in [-0.4, -0.2) is 43.7 Å². The number of sulfonamides is 1. The van der Waals surface area contributed by atoms with E-state index in [0.29, 0.717) is 6.42 Å². The van der Waals surface area contributed by atoms with Gasteiger partial charge in [-0.15, -0.1) is 0 Å². The van der Waals surface area contributed by atoms with Crippen molar-refractivity contribution in [2.24, 2.45) is 0 Å². The molecule has 2 aliphatic rings. The summed E-state index contributed by atoms with van der Waals surface area (Å²) in [5.74, 6) is 0. The quantitative estimate of drug-likeness (QED) is 0.828. The molecule has 27 heavy (non-hydrogen) atoms. The molecular formula is C21H26N2O3S. The van der Waals surface area contributed by atoms with Gasteiger partial charge < -0.3 is 5.11 Å². The summed E-state index contributed by atoms with van der Waals surface area (Å²) in [5, 5.41) is 9.89. The highest BCUT2D eigenvalue weighted by Gasteiger charge is 2.41. The van der Waals surface area contributed by atoms with Crippen molar-refractivity contribution >= 4 is 10.0 Å². The maximum Gasteiger partial charge on any atom is 0.240 e. The van der Waals surface area contributed by atoms with Gasteiger partial charge in [0.2, 0.25) is 10.0 Å². The van der Waals surface area contributed by atoms with E-state index in [2.05, 4.69) is 21.8 Å². The number of hydrogen-bond acceptors (Lipinski definition) is 4. The number of likely N-dealkylation sites (tertiary alicyclic amines) is 1. The van der Waals surface area contributed by atoms with Gasteiger partial charge in [0.05, 0.1) is 17.5 Å². The van der Waals surface area contributed by atoms with Crippen LogP contribution in [0, 0.1) is 0 Å². The number of hydrogen-bond donors (Lipinski definition) is 2. The number of aliphatic hydroxyl groups is 1. The highest BCUT2D eigenvalue weighted by atomic mass is 32.2. The average molecular weight is 387 g/mol. The van der Waals surface area contributed by atoms with E-state index in [1.165, 1.54) is 11.1 Å². The van der Waals surface area contributed by atoms with Crippen molar-refractivity contribution in [3.63, 3.8) is 0 Å². The summed E-state index contributed by atoms with van der Waals surface area (Å²) in [6.07, 6.45) is 3.80. The second-order valence-corrected chi connectivity index (χ2v) is 9.17. The van der Waals surface area contributed by atoms with Gasteiger partial charge >= 0.3 is 0 Å². The van der Waals surface area contributed by atoms with E-state index in [4.69, 9.17) is 0 Å². The number of nitrogens with zero attached hydrogens (tertiary/aromatic N) is 1. The zero-order chi connectivity index (χ0) is 18.9. The van der Waals surface area contributed by atoms with Gasteiger partial charge in [0, 0.05) is 12.1 Å². The maximum atomic E-state index is 12.9. The first-order valence-electron chi connectivity index (χ1n) is 9.62. The maximum absolute atomic E-state index is 12.9. The third-order valence-corrected chi connectivity index (χ3v) is 7.30. The van der Waals surface area contributed by atoms with Crippen molar-refractivity contribution in [3.8, 4) is 0 Å². The van der Waals surface area contributed by atoms with E-state index in [0.717, 1.165) is 25.8 Å². The Morgan fingerprint density at radius 1 is 1.04 bits per heavy atom. The van der Waals surface area contributed by atoms with Crippen molar-refractivity contribution in [3.05, 3.63) is 65.7 Å². The summed E-state index contributed by atoms with van der Waals surface area (Å²) in [5.41, 5.74) is 2.36. The number of piperidine rings is 1. The Morgan fingerprint density at radius 2 is 1.78 bits per heavy atom. The monoisotopic (exact) mass is 386 g/mol. The predicted octanol–water partition coefficient (Wildman–Crippen LogP) is 2.48. The Bertz CT molecular complexity index is 885. The Hall–Kier alpha value is -1.73. The topological polar surface area (TPSA) is 69.6 Å². The Balaban J connectivity index is 1.67. The van der Waals surface area contributed by atoms with Gasteiger partial charge in [0.1, 0.15) is 0 Å². The van der Waals surface area contributed by atoms with Crippen molar-refractivity contribution in [1.82, 2.24) is 9.62 Å². The van der Waals surface area contributed by atoms with Crippen LogP contribution in [0.1, 0.15) is 36.4 Å². The summed E-state index contributed by atoms with van der Waals surface area (Å²) >= 11 is 0. The van der Waals surface area contributed by atoms with Crippen LogP contribution in [0.2, 0.25) is 0 Å². The molecule has 144 valence electrons. The molecule has 0 radical (unpaired) electrons. The molecule has 1 aliphatic carbocycles. The molecule has 0 aromatic heterocycles. The van der Waals surface area contributed by atoms with Crippen LogP contribution < -0.4 is 4.72 Å². The standard InChI is InChI=1S/C21H26N2O3S/c24-15-17-9-6-7-13-23(17)21-19-12-5-4-8-16(19)14-20(21)22-27(25,26)18-10-2-1-3-11-18/h1-5,8,10-12,17,20-22,24H,6-7,9,13-15H2/t17-,20-,21+/m1/s1. The third kappa shape index (κ3) is 3.67. The van der Waals surface area contributed by atoms with Crippen LogP contribution in [0.15, 0.2) is 59.5 Å². The van der Waals surface area contributed by atoms with E-state index in [9.17, 15) is 13.5 Å². The molecule has 2 aromatic rings. The van der Waals surface area contributed by atoms with Gasteiger partial charge in [-0.1, -0.05) is 48.9 Å². The van der Waals surface area contributed by atoms with Crippen molar-refractivity contribution in [1.29, 1.82) is 0 Å². The molecular weight excluding hydrogens is 360 g/mol. The number of aliphatic hydroxyl groups excluding tert-OH is 1. The highest BCUT2D eigenvalue weighted by molar-refractivity contribution is 7.89. The molecule has 0 amide bonds. The highest BCUT2D eigenvalue weighted by Crippen LogP contribution is 2.39. The van der Waals surface area contributed by atoms with Crippen molar-refractivity contribution < 1.29 is 13.5 Å². The molecule has 5 nitrogen and oxygen atoms in total. The summed E-state index contributed by atoms with van der Waals surface area (Å²) in [7, 11) is -3.60. The van der Waals surface area contributed by atoms with E-state index >= 15 is 0 Å². The fourth-order valence-electron chi connectivity index (χ4n) is 4.54. The van der Waals surface area contributed by atoms with Crippen LogP contribution in [-0.2, 0) is 16.4 Å². The molecule has 0 spiro atoms. The lowest BCUT2D eigenvalue weighted by Crippen LogP contribution is -2.50. The fraction of sp³-hybridized carbons (Fsp3) is 0.429. The fourth-order valence-corrected chi connectivity index (χ4v) is 5.80. The van der Waals surface area contributed by atoms with Crippen molar-refractivity contribution in [2.45, 2.75) is 48.7 Å². The Kier molecular flexibility index (Phi) is 5.32. The van der Waals surface area contributed by atoms with E-state index in [1.807, 2.05) is 18.2 Å². The molecule has 3 atom stereocenters. The lowest BCUT2D eigenvalue weighted by molar-refractivity contribution is 0.0446. The lowest BCUT2D eigenvalue weighted by Gasteiger charge is -2.41. The molecule has 1 fully saturated rings. The molecule has 4 rings (SSSR count). The third-order valence-electron chi connectivity index (χ3n) is 5.80. The average Bonchev–Trinajstić information content (AvgIpc) is 3.05. The zero-order valence-electron chi connectivity index (χ0n) is 15.3. The molecule has 0 bridgehead atoms. The largest absolute Gasteiger partial charge is 0.395 e. The van der Waals surface area contributed by atoms with Gasteiger partial charge in [0.25, 0.3) is 0 Å². The van der Waals surface area contributed by atoms with Gasteiger partial charge in [-0.25, -0.2) is 13.1 Å². The summed E-state index contributed by atoms with van der Waals surface area (Å²) in [6, 6.07) is 16.5. The molecule has 1 heterocycles. The smallest absolute Gasteiger partial charge is 0.240 e. The number of rotatable bonds is 5. The molecule has 1 aliphatic heterocycles. The van der Waals surface area contributed by atoms with Gasteiger partial charge in [-0.05, 0) is 49.1 Å². The molecule has 0 unspecified atom stereocenters. The molecule has 0 saturated carbocycles. The summed E-state index contributed by atoms with van der Waals surface area (Å²) < 4.78 is 28.8. The first-order valence-corrected chi connectivity index (χ1v) is 11.1. The minimum absolute atomic E-state index is 0.0443. The van der Waals surface area contributed by atoms with Gasteiger partial charge in [0.15, 0.2) is 0 Å². The first kappa shape index (κ1) is 18.6. The van der Waals surface area contributed by atoms with Crippen molar-refractivity contribution in [2.75, 3.05) is 13.2 Å². The number of nitrogens with one attached hydrogen (secondary N) is 1. The number of fused-ring (bicyclic) bond motifs is 1. The van der Waals surface area contributed by atoms with Crippen LogP contribution in [0.4, 0.5) is 0 Å². The summed E-state index contributed by atoms with van der Waals surface area (Å²) in [4.78, 5) is 2.60. The van der Waals surface area contributed by atoms with Gasteiger partial charge in [-0.3, -0.25) is 4.90 Å². The zero-order valence-corrected chi connectivity index (χ0v) is 16.1. The van der Waals surface area contributed by atoms with E-state index < -0.39 is 10.0 Å². The second-order valence-electron chi connectivity index (χ2n) is 7.46. The Morgan fingerprint density at radius 3 is 2.56 bits per heavy atom. The van der Waals surface area contributed by atoms with Crippen LogP contribution in [0.5, 0.6) is 0 Å². The molecule has 1 saturated heterocycles. The van der Waals surface area contributed by atoms with E-state index in [-0.39, 0.29) is 29.6 Å². The summed E-state index contributed by atoms with van der Waals surface area (Å²) in [6.45, 7) is 0.991. The van der Waals surface area contributed by atoms with E-state index in [1.54, 1.807) is 24.3 Å². The molecule has 2 N–H and O–H groups in total. The molecule has 2 aromatic carbocycles. The minimum atomic E-state index is -3.60. The van der Waals surface area contributed by atoms with Gasteiger partial charge in [-0.2, -0.15) is 0 Å². The second kappa shape index (κ2) is 7.72. The van der Waals surface area contributed by atoms with Crippen LogP contribution in [0.3, 0.4) is 0 Å². The normalized spacial score (nSPS) is 26.0. The number of benzene rings is 2. The predicted molar refractivity (Wildman–Crippen MR) is 105 cm³/mol.